The fourth-order valence-electron chi connectivity index (χ4n) is 1.54. The highest BCUT2D eigenvalue weighted by Crippen LogP contribution is 2.38. The molecule has 17 heavy (non-hydrogen) atoms. The number of aromatic nitrogens is 1. The van der Waals surface area contributed by atoms with Gasteiger partial charge in [-0.05, 0) is 24.6 Å². The average Bonchev–Trinajstić information content (AvgIpc) is 2.78. The fourth-order valence-corrected chi connectivity index (χ4v) is 3.44. The average molecular weight is 268 g/mol. The summed E-state index contributed by atoms with van der Waals surface area (Å²) in [5.74, 6) is -0.229. The van der Waals surface area contributed by atoms with Crippen LogP contribution in [0.1, 0.15) is 17.7 Å². The van der Waals surface area contributed by atoms with E-state index in [9.17, 15) is 4.39 Å². The van der Waals surface area contributed by atoms with Crippen LogP contribution in [0.3, 0.4) is 0 Å². The van der Waals surface area contributed by atoms with E-state index in [0.29, 0.717) is 0 Å². The normalized spacial score (nSPS) is 14.5. The molecule has 2 rings (SSSR count). The summed E-state index contributed by atoms with van der Waals surface area (Å²) in [5, 5.41) is 1.95. The molecule has 2 unspecified atom stereocenters. The summed E-state index contributed by atoms with van der Waals surface area (Å²) in [4.78, 5) is 4.22. The van der Waals surface area contributed by atoms with Crippen LogP contribution >= 0.6 is 23.1 Å². The molecule has 1 aromatic heterocycles. The monoisotopic (exact) mass is 268 g/mol. The third-order valence-electron chi connectivity index (χ3n) is 2.29. The first kappa shape index (κ1) is 12.5. The summed E-state index contributed by atoms with van der Waals surface area (Å²) in [6.07, 6.45) is 1.76. The molecule has 90 valence electrons. The number of nitrogens with two attached hydrogens (primary N) is 1. The van der Waals surface area contributed by atoms with Gasteiger partial charge in [0.1, 0.15) is 10.2 Å². The van der Waals surface area contributed by atoms with Crippen LogP contribution in [0.25, 0.3) is 0 Å². The Hall–Kier alpha value is -0.910. The quantitative estimate of drug-likeness (QED) is 0.863. The minimum absolute atomic E-state index is 0.0249. The van der Waals surface area contributed by atoms with Crippen LogP contribution in [0.15, 0.2) is 40.2 Å². The molecule has 1 aromatic carbocycles. The van der Waals surface area contributed by atoms with Gasteiger partial charge in [0.25, 0.3) is 0 Å². The lowest BCUT2D eigenvalue weighted by molar-refractivity contribution is 0.622. The van der Waals surface area contributed by atoms with E-state index < -0.39 is 0 Å². The number of halogens is 1. The minimum Gasteiger partial charge on any atom is -0.327 e. The summed E-state index contributed by atoms with van der Waals surface area (Å²) in [6.45, 7) is 1.93. The molecule has 0 bridgehead atoms. The maximum Gasteiger partial charge on any atom is 0.150 e. The molecule has 0 saturated carbocycles. The standard InChI is InChI=1S/C12H13FN2S2/c1-8(14)11(17-12-15-5-6-16-12)9-3-2-4-10(13)7-9/h2-8,11H,14H2,1H3. The van der Waals surface area contributed by atoms with Crippen LogP contribution in [0.5, 0.6) is 0 Å². The first-order chi connectivity index (χ1) is 8.16. The van der Waals surface area contributed by atoms with E-state index in [1.807, 2.05) is 18.4 Å². The Morgan fingerprint density at radius 2 is 2.29 bits per heavy atom. The Bertz CT molecular complexity index is 471. The van der Waals surface area contributed by atoms with Gasteiger partial charge in [0.05, 0.1) is 5.25 Å². The zero-order valence-corrected chi connectivity index (χ0v) is 11.0. The van der Waals surface area contributed by atoms with Gasteiger partial charge in [0.2, 0.25) is 0 Å². The van der Waals surface area contributed by atoms with Crippen molar-refractivity contribution in [3.8, 4) is 0 Å². The van der Waals surface area contributed by atoms with Gasteiger partial charge in [-0.15, -0.1) is 11.3 Å². The second-order valence-electron chi connectivity index (χ2n) is 3.75. The zero-order chi connectivity index (χ0) is 12.3. The Labute approximate surface area is 108 Å². The van der Waals surface area contributed by atoms with Crippen LogP contribution < -0.4 is 5.73 Å². The van der Waals surface area contributed by atoms with E-state index >= 15 is 0 Å². The van der Waals surface area contributed by atoms with Crippen LogP contribution in [0.4, 0.5) is 4.39 Å². The van der Waals surface area contributed by atoms with E-state index in [2.05, 4.69) is 4.98 Å². The molecule has 2 nitrogen and oxygen atoms in total. The molecule has 1 heterocycles. The molecule has 0 fully saturated rings. The SMILES string of the molecule is CC(N)C(Sc1nccs1)c1cccc(F)c1. The summed E-state index contributed by atoms with van der Waals surface area (Å²) in [7, 11) is 0. The molecule has 5 heteroatoms. The first-order valence-corrected chi connectivity index (χ1v) is 7.00. The van der Waals surface area contributed by atoms with Gasteiger partial charge in [0.15, 0.2) is 0 Å². The van der Waals surface area contributed by atoms with Crippen LogP contribution in [-0.2, 0) is 0 Å². The van der Waals surface area contributed by atoms with Crippen molar-refractivity contribution in [3.63, 3.8) is 0 Å². The van der Waals surface area contributed by atoms with Crippen LogP contribution in [0.2, 0.25) is 0 Å². The van der Waals surface area contributed by atoms with Gasteiger partial charge in [-0.25, -0.2) is 9.37 Å². The molecule has 2 N–H and O–H groups in total. The van der Waals surface area contributed by atoms with Crippen molar-refractivity contribution in [1.82, 2.24) is 4.98 Å². The number of hydrogen-bond acceptors (Lipinski definition) is 4. The maximum absolute atomic E-state index is 13.2. The van der Waals surface area contributed by atoms with Crippen molar-refractivity contribution < 1.29 is 4.39 Å². The first-order valence-electron chi connectivity index (χ1n) is 5.24. The number of benzene rings is 1. The van der Waals surface area contributed by atoms with E-state index in [-0.39, 0.29) is 17.1 Å². The predicted molar refractivity (Wildman–Crippen MR) is 70.8 cm³/mol. The van der Waals surface area contributed by atoms with E-state index in [0.717, 1.165) is 9.90 Å². The fraction of sp³-hybridized carbons (Fsp3) is 0.250. The highest BCUT2D eigenvalue weighted by molar-refractivity contribution is 8.01. The third kappa shape index (κ3) is 3.28. The third-order valence-corrected chi connectivity index (χ3v) is 4.70. The van der Waals surface area contributed by atoms with Gasteiger partial charge in [-0.2, -0.15) is 0 Å². The Balaban J connectivity index is 2.23. The molecule has 0 saturated heterocycles. The molecule has 0 radical (unpaired) electrons. The lowest BCUT2D eigenvalue weighted by Crippen LogP contribution is -2.22. The molecule has 2 atom stereocenters. The van der Waals surface area contributed by atoms with Gasteiger partial charge < -0.3 is 5.73 Å². The molecular formula is C12H13FN2S2. The summed E-state index contributed by atoms with van der Waals surface area (Å²) < 4.78 is 14.2. The zero-order valence-electron chi connectivity index (χ0n) is 9.34. The largest absolute Gasteiger partial charge is 0.327 e. The topological polar surface area (TPSA) is 38.9 Å². The van der Waals surface area contributed by atoms with Gasteiger partial charge >= 0.3 is 0 Å². The van der Waals surface area contributed by atoms with Gasteiger partial charge in [0, 0.05) is 17.6 Å². The number of hydrogen-bond donors (Lipinski definition) is 1. The van der Waals surface area contributed by atoms with Crippen molar-refractivity contribution in [2.75, 3.05) is 0 Å². The highest BCUT2D eigenvalue weighted by atomic mass is 32.2. The van der Waals surface area contributed by atoms with E-state index in [1.54, 1.807) is 35.4 Å². The highest BCUT2D eigenvalue weighted by Gasteiger charge is 2.19. The van der Waals surface area contributed by atoms with Gasteiger partial charge in [-0.3, -0.25) is 0 Å². The Morgan fingerprint density at radius 1 is 1.47 bits per heavy atom. The molecule has 0 aliphatic carbocycles. The lowest BCUT2D eigenvalue weighted by atomic mass is 10.1. The molecule has 0 aliphatic rings. The number of thiazole rings is 1. The smallest absolute Gasteiger partial charge is 0.150 e. The van der Waals surface area contributed by atoms with Crippen molar-refractivity contribution in [2.24, 2.45) is 5.73 Å². The Kier molecular flexibility index (Phi) is 4.15. The molecule has 2 aromatic rings. The molecule has 0 amide bonds. The Morgan fingerprint density at radius 3 is 2.88 bits per heavy atom. The second kappa shape index (κ2) is 5.62. The lowest BCUT2D eigenvalue weighted by Gasteiger charge is -2.19. The van der Waals surface area contributed by atoms with E-state index in [1.165, 1.54) is 12.1 Å². The minimum atomic E-state index is -0.229. The van der Waals surface area contributed by atoms with Crippen molar-refractivity contribution >= 4 is 23.1 Å². The van der Waals surface area contributed by atoms with E-state index in [4.69, 9.17) is 5.73 Å². The molecular weight excluding hydrogens is 255 g/mol. The van der Waals surface area contributed by atoms with Crippen molar-refractivity contribution in [1.29, 1.82) is 0 Å². The maximum atomic E-state index is 13.2. The van der Waals surface area contributed by atoms with Crippen molar-refractivity contribution in [2.45, 2.75) is 22.6 Å². The molecule has 0 spiro atoms. The van der Waals surface area contributed by atoms with Gasteiger partial charge in [-0.1, -0.05) is 23.9 Å². The predicted octanol–water partition coefficient (Wildman–Crippen LogP) is 3.46. The van der Waals surface area contributed by atoms with Crippen LogP contribution in [-0.4, -0.2) is 11.0 Å². The number of thioether (sulfide) groups is 1. The summed E-state index contributed by atoms with van der Waals surface area (Å²) in [5.41, 5.74) is 6.87. The summed E-state index contributed by atoms with van der Waals surface area (Å²) >= 11 is 3.15. The number of nitrogens with zero attached hydrogens (tertiary/aromatic N) is 1. The molecule has 0 aliphatic heterocycles. The van der Waals surface area contributed by atoms with Crippen molar-refractivity contribution in [3.05, 3.63) is 47.2 Å². The number of rotatable bonds is 4. The van der Waals surface area contributed by atoms with Crippen LogP contribution in [0, 0.1) is 5.82 Å². The summed E-state index contributed by atoms with van der Waals surface area (Å²) in [6, 6.07) is 6.52. The second-order valence-corrected chi connectivity index (χ2v) is 6.03.